The van der Waals surface area contributed by atoms with Crippen molar-refractivity contribution in [3.63, 3.8) is 0 Å². The monoisotopic (exact) mass is 287 g/mol. The Labute approximate surface area is 111 Å². The van der Waals surface area contributed by atoms with Gasteiger partial charge in [0.2, 0.25) is 5.71 Å². The zero-order valence-electron chi connectivity index (χ0n) is 10.1. The predicted molar refractivity (Wildman–Crippen MR) is 64.7 cm³/mol. The van der Waals surface area contributed by atoms with Crippen molar-refractivity contribution >= 4 is 17.2 Å². The van der Waals surface area contributed by atoms with Crippen LogP contribution in [-0.2, 0) is 6.18 Å². The van der Waals surface area contributed by atoms with Crippen LogP contribution in [0.5, 0.6) is 0 Å². The van der Waals surface area contributed by atoms with E-state index in [1.54, 1.807) is 0 Å². The van der Waals surface area contributed by atoms with Crippen LogP contribution in [0.4, 0.5) is 23.2 Å². The number of alkyl halides is 3. The smallest absolute Gasteiger partial charge is 0.382 e. The van der Waals surface area contributed by atoms with E-state index in [0.717, 1.165) is 13.0 Å². The number of benzene rings is 1. The van der Waals surface area contributed by atoms with Gasteiger partial charge in [0.25, 0.3) is 0 Å². The fourth-order valence-corrected chi connectivity index (χ4v) is 1.31. The highest BCUT2D eigenvalue weighted by molar-refractivity contribution is 6.45. The summed E-state index contributed by atoms with van der Waals surface area (Å²) in [4.78, 5) is 0. The molecule has 1 aromatic carbocycles. The van der Waals surface area contributed by atoms with Crippen molar-refractivity contribution < 1.29 is 17.6 Å². The van der Waals surface area contributed by atoms with Crippen LogP contribution in [0.1, 0.15) is 11.1 Å². The molecule has 0 fully saturated rings. The Morgan fingerprint density at radius 3 is 2.50 bits per heavy atom. The molecule has 106 valence electrons. The molecule has 0 bridgehead atoms. The summed E-state index contributed by atoms with van der Waals surface area (Å²) in [6.07, 6.45) is -4.85. The molecule has 9 heteroatoms. The highest BCUT2D eigenvalue weighted by atomic mass is 19.4. The van der Waals surface area contributed by atoms with Crippen LogP contribution in [-0.4, -0.2) is 11.5 Å². The summed E-state index contributed by atoms with van der Waals surface area (Å²) < 4.78 is 51.2. The van der Waals surface area contributed by atoms with Crippen LogP contribution in [0.2, 0.25) is 0 Å². The van der Waals surface area contributed by atoms with Crippen LogP contribution in [0.3, 0.4) is 0 Å². The minimum Gasteiger partial charge on any atom is -0.382 e. The van der Waals surface area contributed by atoms with Crippen molar-refractivity contribution in [2.24, 2.45) is 10.8 Å². The van der Waals surface area contributed by atoms with E-state index in [2.05, 4.69) is 10.5 Å². The maximum Gasteiger partial charge on any atom is 0.419 e. The van der Waals surface area contributed by atoms with E-state index < -0.39 is 29.1 Å². The van der Waals surface area contributed by atoms with Crippen LogP contribution in [0, 0.1) is 29.5 Å². The van der Waals surface area contributed by atoms with Crippen molar-refractivity contribution in [3.8, 4) is 6.07 Å². The first-order valence-corrected chi connectivity index (χ1v) is 5.12. The van der Waals surface area contributed by atoms with Gasteiger partial charge in [0, 0.05) is 0 Å². The lowest BCUT2D eigenvalue weighted by atomic mass is 10.1. The lowest BCUT2D eigenvalue weighted by Crippen LogP contribution is -2.22. The summed E-state index contributed by atoms with van der Waals surface area (Å²) in [5.74, 6) is -2.02. The lowest BCUT2D eigenvalue weighted by Gasteiger charge is -2.12. The average Bonchev–Trinajstić information content (AvgIpc) is 2.32. The summed E-state index contributed by atoms with van der Waals surface area (Å²) in [6, 6.07) is 3.09. The first kappa shape index (κ1) is 15.4. The van der Waals surface area contributed by atoms with Gasteiger partial charge in [-0.05, 0) is 24.6 Å². The quantitative estimate of drug-likeness (QED) is 0.344. The number of nitriles is 1. The lowest BCUT2D eigenvalue weighted by molar-refractivity contribution is -0.140. The molecular weight excluding hydrogens is 278 g/mol. The van der Waals surface area contributed by atoms with E-state index >= 15 is 0 Å². The second kappa shape index (κ2) is 5.56. The van der Waals surface area contributed by atoms with Gasteiger partial charge in [0.1, 0.15) is 11.9 Å². The van der Waals surface area contributed by atoms with E-state index in [1.165, 1.54) is 6.07 Å². The summed E-state index contributed by atoms with van der Waals surface area (Å²) in [5.41, 5.74) is 4.79. The van der Waals surface area contributed by atoms with Crippen LogP contribution >= 0.6 is 0 Å². The number of nitrogens with zero attached hydrogens (tertiary/aromatic N) is 2. The standard InChI is InChI=1S/C11H9F4N5/c1-5-2-6(19-20-8(4-16)10(17)18)3-7(9(5)12)11(13,14)15/h2-3,19H,1H3,(H3,17,18)/b20-8+. The molecule has 1 rings (SSSR count). The molecule has 0 unspecified atom stereocenters. The predicted octanol–water partition coefficient (Wildman–Crippen LogP) is 2.38. The Morgan fingerprint density at radius 1 is 1.45 bits per heavy atom. The van der Waals surface area contributed by atoms with Crippen molar-refractivity contribution in [1.29, 1.82) is 10.7 Å². The molecular formula is C11H9F4N5. The molecule has 0 amide bonds. The summed E-state index contributed by atoms with van der Waals surface area (Å²) in [5, 5.41) is 18.9. The number of hydrazone groups is 1. The molecule has 0 aliphatic rings. The zero-order chi connectivity index (χ0) is 15.5. The molecule has 0 atom stereocenters. The minimum absolute atomic E-state index is 0.176. The van der Waals surface area contributed by atoms with Crippen LogP contribution in [0.25, 0.3) is 0 Å². The van der Waals surface area contributed by atoms with Gasteiger partial charge in [0.05, 0.1) is 11.3 Å². The number of nitrogens with two attached hydrogens (primary N) is 1. The first-order valence-electron chi connectivity index (χ1n) is 5.12. The maximum atomic E-state index is 13.4. The number of aryl methyl sites for hydroxylation is 1. The van der Waals surface area contributed by atoms with Crippen LogP contribution < -0.4 is 11.2 Å². The molecule has 20 heavy (non-hydrogen) atoms. The second-order valence-electron chi connectivity index (χ2n) is 3.75. The Morgan fingerprint density at radius 2 is 2.05 bits per heavy atom. The number of halogens is 4. The Balaban J connectivity index is 3.20. The van der Waals surface area contributed by atoms with Gasteiger partial charge < -0.3 is 5.73 Å². The van der Waals surface area contributed by atoms with Crippen molar-refractivity contribution in [2.75, 3.05) is 5.43 Å². The third-order valence-electron chi connectivity index (χ3n) is 2.22. The topological polar surface area (TPSA) is 98.0 Å². The third kappa shape index (κ3) is 3.44. The number of hydrogen-bond acceptors (Lipinski definition) is 4. The van der Waals surface area contributed by atoms with E-state index in [9.17, 15) is 17.6 Å². The SMILES string of the molecule is Cc1cc(N/N=C(\C#N)C(=N)N)cc(C(F)(F)F)c1F. The van der Waals surface area contributed by atoms with Gasteiger partial charge in [-0.15, -0.1) is 0 Å². The van der Waals surface area contributed by atoms with E-state index in [0.29, 0.717) is 6.07 Å². The summed E-state index contributed by atoms with van der Waals surface area (Å²) >= 11 is 0. The normalized spacial score (nSPS) is 11.9. The van der Waals surface area contributed by atoms with E-state index in [-0.39, 0.29) is 11.3 Å². The van der Waals surface area contributed by atoms with Crippen LogP contribution in [0.15, 0.2) is 17.2 Å². The average molecular weight is 287 g/mol. The fraction of sp³-hybridized carbons (Fsp3) is 0.182. The Bertz CT molecular complexity index is 612. The molecule has 0 saturated carbocycles. The van der Waals surface area contributed by atoms with Crippen molar-refractivity contribution in [2.45, 2.75) is 13.1 Å². The van der Waals surface area contributed by atoms with Crippen molar-refractivity contribution in [1.82, 2.24) is 0 Å². The summed E-state index contributed by atoms with van der Waals surface area (Å²) in [7, 11) is 0. The fourth-order valence-electron chi connectivity index (χ4n) is 1.31. The third-order valence-corrected chi connectivity index (χ3v) is 2.22. The number of hydrogen-bond donors (Lipinski definition) is 3. The molecule has 1 aromatic rings. The molecule has 5 nitrogen and oxygen atoms in total. The first-order chi connectivity index (χ1) is 9.16. The molecule has 4 N–H and O–H groups in total. The van der Waals surface area contributed by atoms with Gasteiger partial charge >= 0.3 is 6.18 Å². The van der Waals surface area contributed by atoms with Gasteiger partial charge in [-0.3, -0.25) is 10.8 Å². The molecule has 0 aliphatic heterocycles. The highest BCUT2D eigenvalue weighted by Crippen LogP contribution is 2.34. The minimum atomic E-state index is -4.85. The van der Waals surface area contributed by atoms with Gasteiger partial charge in [-0.2, -0.15) is 23.5 Å². The molecule has 0 saturated heterocycles. The number of rotatable bonds is 3. The zero-order valence-corrected chi connectivity index (χ0v) is 10.1. The molecule has 0 radical (unpaired) electrons. The second-order valence-corrected chi connectivity index (χ2v) is 3.75. The Hall–Kier alpha value is -2.63. The molecule has 0 spiro atoms. The summed E-state index contributed by atoms with van der Waals surface area (Å²) in [6.45, 7) is 1.16. The van der Waals surface area contributed by atoms with Gasteiger partial charge in [-0.25, -0.2) is 4.39 Å². The number of amidine groups is 1. The van der Waals surface area contributed by atoms with E-state index in [1.807, 2.05) is 0 Å². The number of anilines is 1. The molecule has 0 aliphatic carbocycles. The van der Waals surface area contributed by atoms with Gasteiger partial charge in [0.15, 0.2) is 5.84 Å². The molecule has 0 heterocycles. The largest absolute Gasteiger partial charge is 0.419 e. The maximum absolute atomic E-state index is 13.4. The van der Waals surface area contributed by atoms with Gasteiger partial charge in [-0.1, -0.05) is 0 Å². The van der Waals surface area contributed by atoms with E-state index in [4.69, 9.17) is 16.4 Å². The highest BCUT2D eigenvalue weighted by Gasteiger charge is 2.35. The van der Waals surface area contributed by atoms with Crippen molar-refractivity contribution in [3.05, 3.63) is 29.1 Å². The molecule has 0 aromatic heterocycles. The number of nitrogens with one attached hydrogen (secondary N) is 2. The Kier molecular flexibility index (Phi) is 4.29.